The number of pyridine rings is 1. The van der Waals surface area contributed by atoms with Crippen LogP contribution < -0.4 is 14.8 Å². The molecule has 0 aliphatic heterocycles. The summed E-state index contributed by atoms with van der Waals surface area (Å²) in [6, 6.07) is 17.1. The van der Waals surface area contributed by atoms with Crippen LogP contribution in [0.25, 0.3) is 5.65 Å². The van der Waals surface area contributed by atoms with Gasteiger partial charge in [0.1, 0.15) is 5.65 Å². The van der Waals surface area contributed by atoms with Crippen molar-refractivity contribution in [3.05, 3.63) is 83.8 Å². The third-order valence-corrected chi connectivity index (χ3v) is 5.94. The standard InChI is InChI=1S/C24H23N3O3S/c1-16-12-21(29-2)22(30-3)13-20(16)26-24(28)17-7-9-19(10-8-17)31-15-18-14-27-11-5-4-6-23(27)25-18/h4-14H,15H2,1-3H3,(H,26,28). The number of thioether (sulfide) groups is 1. The van der Waals surface area contributed by atoms with Crippen molar-refractivity contribution in [1.29, 1.82) is 0 Å². The summed E-state index contributed by atoms with van der Waals surface area (Å²) < 4.78 is 12.6. The number of aromatic nitrogens is 2. The highest BCUT2D eigenvalue weighted by molar-refractivity contribution is 7.98. The number of hydrogen-bond donors (Lipinski definition) is 1. The third-order valence-electron chi connectivity index (χ3n) is 4.90. The number of hydrogen-bond acceptors (Lipinski definition) is 5. The monoisotopic (exact) mass is 433 g/mol. The number of ether oxygens (including phenoxy) is 2. The van der Waals surface area contributed by atoms with Crippen molar-refractivity contribution in [2.45, 2.75) is 17.6 Å². The summed E-state index contributed by atoms with van der Waals surface area (Å²) in [5, 5.41) is 2.95. The number of anilines is 1. The SMILES string of the molecule is COc1cc(C)c(NC(=O)c2ccc(SCc3cn4ccccc4n3)cc2)cc1OC. The lowest BCUT2D eigenvalue weighted by Crippen LogP contribution is -2.13. The van der Waals surface area contributed by atoms with Gasteiger partial charge in [0.2, 0.25) is 0 Å². The number of carbonyl (C=O) groups excluding carboxylic acids is 1. The summed E-state index contributed by atoms with van der Waals surface area (Å²) >= 11 is 1.69. The molecule has 0 saturated heterocycles. The smallest absolute Gasteiger partial charge is 0.255 e. The number of methoxy groups -OCH3 is 2. The lowest BCUT2D eigenvalue weighted by molar-refractivity contribution is 0.102. The maximum atomic E-state index is 12.7. The van der Waals surface area contributed by atoms with Crippen LogP contribution in [0.15, 0.2) is 71.9 Å². The van der Waals surface area contributed by atoms with E-state index in [1.807, 2.05) is 72.2 Å². The minimum absolute atomic E-state index is 0.174. The van der Waals surface area contributed by atoms with Crippen molar-refractivity contribution in [3.63, 3.8) is 0 Å². The number of nitrogens with one attached hydrogen (secondary N) is 1. The Morgan fingerprint density at radius 1 is 1.06 bits per heavy atom. The highest BCUT2D eigenvalue weighted by atomic mass is 32.2. The molecule has 2 aromatic heterocycles. The molecule has 1 N–H and O–H groups in total. The van der Waals surface area contributed by atoms with E-state index in [2.05, 4.69) is 10.3 Å². The maximum absolute atomic E-state index is 12.7. The molecule has 7 heteroatoms. The van der Waals surface area contributed by atoms with Crippen LogP contribution in [0.2, 0.25) is 0 Å². The van der Waals surface area contributed by atoms with Gasteiger partial charge in [-0.25, -0.2) is 4.98 Å². The van der Waals surface area contributed by atoms with Crippen molar-refractivity contribution in [3.8, 4) is 11.5 Å². The molecular weight excluding hydrogens is 410 g/mol. The minimum Gasteiger partial charge on any atom is -0.493 e. The Morgan fingerprint density at radius 2 is 1.81 bits per heavy atom. The molecule has 4 aromatic rings. The first-order valence-electron chi connectivity index (χ1n) is 9.77. The Morgan fingerprint density at radius 3 is 2.52 bits per heavy atom. The molecule has 158 valence electrons. The molecule has 0 aliphatic carbocycles. The van der Waals surface area contributed by atoms with Gasteiger partial charge in [-0.15, -0.1) is 11.8 Å². The van der Waals surface area contributed by atoms with Crippen LogP contribution in [-0.4, -0.2) is 29.5 Å². The van der Waals surface area contributed by atoms with E-state index in [-0.39, 0.29) is 5.91 Å². The molecule has 2 aromatic carbocycles. The molecular formula is C24H23N3O3S. The average Bonchev–Trinajstić information content (AvgIpc) is 3.22. The Hall–Kier alpha value is -3.45. The molecule has 4 rings (SSSR count). The second kappa shape index (κ2) is 9.14. The van der Waals surface area contributed by atoms with Crippen LogP contribution in [0.5, 0.6) is 11.5 Å². The van der Waals surface area contributed by atoms with Crippen LogP contribution in [0.3, 0.4) is 0 Å². The van der Waals surface area contributed by atoms with Gasteiger partial charge in [-0.1, -0.05) is 6.07 Å². The number of aryl methyl sites for hydroxylation is 1. The number of benzene rings is 2. The predicted molar refractivity (Wildman–Crippen MR) is 123 cm³/mol. The number of carbonyl (C=O) groups is 1. The number of imidazole rings is 1. The Labute approximate surface area is 185 Å². The highest BCUT2D eigenvalue weighted by Gasteiger charge is 2.12. The van der Waals surface area contributed by atoms with Crippen LogP contribution in [0, 0.1) is 6.92 Å². The summed E-state index contributed by atoms with van der Waals surface area (Å²) in [4.78, 5) is 18.4. The summed E-state index contributed by atoms with van der Waals surface area (Å²) in [5.41, 5.74) is 4.13. The molecule has 31 heavy (non-hydrogen) atoms. The number of fused-ring (bicyclic) bond motifs is 1. The van der Waals surface area contributed by atoms with E-state index in [4.69, 9.17) is 9.47 Å². The topological polar surface area (TPSA) is 64.9 Å². The van der Waals surface area contributed by atoms with Gasteiger partial charge in [0.05, 0.1) is 19.9 Å². The molecule has 0 aliphatic rings. The first-order valence-corrected chi connectivity index (χ1v) is 10.8. The van der Waals surface area contributed by atoms with E-state index < -0.39 is 0 Å². The molecule has 0 atom stereocenters. The fourth-order valence-electron chi connectivity index (χ4n) is 3.23. The van der Waals surface area contributed by atoms with Gasteiger partial charge >= 0.3 is 0 Å². The van der Waals surface area contributed by atoms with Crippen molar-refractivity contribution in [2.75, 3.05) is 19.5 Å². The fraction of sp³-hybridized carbons (Fsp3) is 0.167. The van der Waals surface area contributed by atoms with E-state index >= 15 is 0 Å². The zero-order chi connectivity index (χ0) is 21.8. The number of amides is 1. The predicted octanol–water partition coefficient (Wildman–Crippen LogP) is 5.20. The molecule has 1 amide bonds. The molecule has 0 bridgehead atoms. The number of nitrogens with zero attached hydrogens (tertiary/aromatic N) is 2. The fourth-order valence-corrected chi connectivity index (χ4v) is 4.01. The van der Waals surface area contributed by atoms with Gasteiger partial charge in [-0.3, -0.25) is 4.79 Å². The first kappa shape index (κ1) is 20.8. The van der Waals surface area contributed by atoms with E-state index in [9.17, 15) is 4.79 Å². The second-order valence-corrected chi connectivity index (χ2v) is 8.04. The zero-order valence-electron chi connectivity index (χ0n) is 17.6. The van der Waals surface area contributed by atoms with Gasteiger partial charge in [-0.2, -0.15) is 0 Å². The normalized spacial score (nSPS) is 10.8. The quantitative estimate of drug-likeness (QED) is 0.406. The van der Waals surface area contributed by atoms with E-state index in [0.717, 1.165) is 27.6 Å². The minimum atomic E-state index is -0.174. The number of rotatable bonds is 7. The Kier molecular flexibility index (Phi) is 6.13. The van der Waals surface area contributed by atoms with Gasteiger partial charge in [0, 0.05) is 40.4 Å². The Bertz CT molecular complexity index is 1190. The van der Waals surface area contributed by atoms with E-state index in [1.54, 1.807) is 32.0 Å². The lowest BCUT2D eigenvalue weighted by Gasteiger charge is -2.13. The molecule has 0 spiro atoms. The van der Waals surface area contributed by atoms with E-state index in [0.29, 0.717) is 22.7 Å². The Balaban J connectivity index is 1.41. The van der Waals surface area contributed by atoms with Crippen LogP contribution in [-0.2, 0) is 5.75 Å². The lowest BCUT2D eigenvalue weighted by atomic mass is 10.1. The van der Waals surface area contributed by atoms with E-state index in [1.165, 1.54) is 0 Å². The third kappa shape index (κ3) is 4.67. The van der Waals surface area contributed by atoms with Crippen molar-refractivity contribution in [2.24, 2.45) is 0 Å². The van der Waals surface area contributed by atoms with Crippen LogP contribution >= 0.6 is 11.8 Å². The first-order chi connectivity index (χ1) is 15.1. The van der Waals surface area contributed by atoms with Crippen LogP contribution in [0.1, 0.15) is 21.6 Å². The maximum Gasteiger partial charge on any atom is 0.255 e. The highest BCUT2D eigenvalue weighted by Crippen LogP contribution is 2.33. The zero-order valence-corrected chi connectivity index (χ0v) is 18.4. The summed E-state index contributed by atoms with van der Waals surface area (Å²) in [6.45, 7) is 1.91. The molecule has 2 heterocycles. The van der Waals surface area contributed by atoms with Crippen molar-refractivity contribution >= 4 is 29.0 Å². The largest absolute Gasteiger partial charge is 0.493 e. The van der Waals surface area contributed by atoms with Gasteiger partial charge in [0.25, 0.3) is 5.91 Å². The van der Waals surface area contributed by atoms with Crippen molar-refractivity contribution < 1.29 is 14.3 Å². The van der Waals surface area contributed by atoms with Crippen molar-refractivity contribution in [1.82, 2.24) is 9.38 Å². The molecule has 0 fully saturated rings. The van der Waals surface area contributed by atoms with Gasteiger partial charge in [-0.05, 0) is 55.0 Å². The molecule has 0 radical (unpaired) electrons. The summed E-state index contributed by atoms with van der Waals surface area (Å²) in [5.74, 6) is 1.79. The molecule has 0 saturated carbocycles. The molecule has 0 unspecified atom stereocenters. The summed E-state index contributed by atoms with van der Waals surface area (Å²) in [7, 11) is 3.16. The van der Waals surface area contributed by atoms with Gasteiger partial charge < -0.3 is 19.2 Å². The average molecular weight is 434 g/mol. The second-order valence-electron chi connectivity index (χ2n) is 6.99. The van der Waals surface area contributed by atoms with Gasteiger partial charge in [0.15, 0.2) is 11.5 Å². The summed E-state index contributed by atoms with van der Waals surface area (Å²) in [6.07, 6.45) is 4.03. The molecule has 6 nitrogen and oxygen atoms in total. The van der Waals surface area contributed by atoms with Crippen LogP contribution in [0.4, 0.5) is 5.69 Å².